The lowest BCUT2D eigenvalue weighted by Gasteiger charge is -2.19. The molecule has 2 N–H and O–H groups in total. The molecule has 0 radical (unpaired) electrons. The summed E-state index contributed by atoms with van der Waals surface area (Å²) in [5, 5.41) is 11.3. The summed E-state index contributed by atoms with van der Waals surface area (Å²) in [5.74, 6) is -0.771. The van der Waals surface area contributed by atoms with Gasteiger partial charge in [-0.05, 0) is 44.5 Å². The highest BCUT2D eigenvalue weighted by Crippen LogP contribution is 2.13. The van der Waals surface area contributed by atoms with Gasteiger partial charge in [-0.2, -0.15) is 0 Å². The molecule has 0 aliphatic heterocycles. The Morgan fingerprint density at radius 2 is 1.90 bits per heavy atom. The lowest BCUT2D eigenvalue weighted by Crippen LogP contribution is -2.49. The van der Waals surface area contributed by atoms with E-state index in [1.165, 1.54) is 19.9 Å². The fourth-order valence-electron chi connectivity index (χ4n) is 1.42. The number of hydrogen-bond donors (Lipinski definition) is 2. The van der Waals surface area contributed by atoms with Crippen molar-refractivity contribution < 1.29 is 19.4 Å². The Kier molecular flexibility index (Phi) is 5.32. The van der Waals surface area contributed by atoms with Crippen molar-refractivity contribution in [2.75, 3.05) is 6.61 Å². The molecule has 0 unspecified atom stereocenters. The van der Waals surface area contributed by atoms with Crippen LogP contribution in [0.5, 0.6) is 5.75 Å². The fourth-order valence-corrected chi connectivity index (χ4v) is 1.42. The number of benzene rings is 1. The van der Waals surface area contributed by atoms with Crippen LogP contribution in [0.15, 0.2) is 30.3 Å². The summed E-state index contributed by atoms with van der Waals surface area (Å²) < 4.78 is 5.31. The first kappa shape index (κ1) is 15.8. The van der Waals surface area contributed by atoms with Crippen LogP contribution in [0.2, 0.25) is 0 Å². The maximum Gasteiger partial charge on any atom is 0.328 e. The third-order valence-corrected chi connectivity index (χ3v) is 2.59. The van der Waals surface area contributed by atoms with E-state index < -0.39 is 17.4 Å². The van der Waals surface area contributed by atoms with Crippen molar-refractivity contribution in [3.63, 3.8) is 0 Å². The lowest BCUT2D eigenvalue weighted by molar-refractivity contribution is -0.145. The Labute approximate surface area is 118 Å². The summed E-state index contributed by atoms with van der Waals surface area (Å²) in [6, 6.07) is 7.25. The first-order chi connectivity index (χ1) is 9.35. The van der Waals surface area contributed by atoms with Crippen LogP contribution in [0.25, 0.3) is 6.08 Å². The monoisotopic (exact) mass is 277 g/mol. The average Bonchev–Trinajstić information content (AvgIpc) is 2.37. The second-order valence-corrected chi connectivity index (χ2v) is 4.75. The molecule has 0 heterocycles. The van der Waals surface area contributed by atoms with Gasteiger partial charge in [-0.1, -0.05) is 12.1 Å². The first-order valence-corrected chi connectivity index (χ1v) is 6.31. The number of amides is 1. The summed E-state index contributed by atoms with van der Waals surface area (Å²) in [7, 11) is 0. The van der Waals surface area contributed by atoms with Crippen molar-refractivity contribution in [3.05, 3.63) is 35.9 Å². The molecule has 0 aromatic heterocycles. The fraction of sp³-hybridized carbons (Fsp3) is 0.333. The minimum Gasteiger partial charge on any atom is -0.494 e. The largest absolute Gasteiger partial charge is 0.494 e. The number of rotatable bonds is 6. The molecular formula is C15H19NO4. The van der Waals surface area contributed by atoms with Crippen molar-refractivity contribution in [3.8, 4) is 5.75 Å². The van der Waals surface area contributed by atoms with E-state index in [4.69, 9.17) is 9.84 Å². The van der Waals surface area contributed by atoms with Gasteiger partial charge in [0.15, 0.2) is 0 Å². The second kappa shape index (κ2) is 6.75. The van der Waals surface area contributed by atoms with Crippen LogP contribution in [0.1, 0.15) is 26.3 Å². The van der Waals surface area contributed by atoms with Gasteiger partial charge >= 0.3 is 5.97 Å². The van der Waals surface area contributed by atoms with Crippen molar-refractivity contribution in [2.24, 2.45) is 0 Å². The number of ether oxygens (including phenoxy) is 1. The number of carboxylic acid groups (broad SMARTS) is 1. The van der Waals surface area contributed by atoms with Crippen LogP contribution in [-0.2, 0) is 9.59 Å². The maximum absolute atomic E-state index is 11.6. The first-order valence-electron chi connectivity index (χ1n) is 6.31. The summed E-state index contributed by atoms with van der Waals surface area (Å²) in [6.45, 7) is 5.36. The van der Waals surface area contributed by atoms with Crippen LogP contribution >= 0.6 is 0 Å². The molecule has 0 saturated heterocycles. The molecule has 0 saturated carbocycles. The van der Waals surface area contributed by atoms with Crippen LogP contribution in [0, 0.1) is 0 Å². The molecule has 0 spiro atoms. The molecule has 1 rings (SSSR count). The second-order valence-electron chi connectivity index (χ2n) is 4.75. The highest BCUT2D eigenvalue weighted by atomic mass is 16.5. The van der Waals surface area contributed by atoms with Gasteiger partial charge in [0.25, 0.3) is 0 Å². The van der Waals surface area contributed by atoms with Gasteiger partial charge < -0.3 is 15.2 Å². The number of carboxylic acids is 1. The highest BCUT2D eigenvalue weighted by Gasteiger charge is 2.27. The number of carbonyl (C=O) groups excluding carboxylic acids is 1. The van der Waals surface area contributed by atoms with Gasteiger partial charge in [-0.15, -0.1) is 0 Å². The van der Waals surface area contributed by atoms with E-state index in [2.05, 4.69) is 5.32 Å². The van der Waals surface area contributed by atoms with Gasteiger partial charge in [0.05, 0.1) is 6.61 Å². The molecule has 5 heteroatoms. The van der Waals surface area contributed by atoms with E-state index >= 15 is 0 Å². The van der Waals surface area contributed by atoms with E-state index in [9.17, 15) is 9.59 Å². The number of nitrogens with one attached hydrogen (secondary N) is 1. The molecule has 0 aliphatic rings. The number of aliphatic carboxylic acids is 1. The summed E-state index contributed by atoms with van der Waals surface area (Å²) in [6.07, 6.45) is 2.92. The van der Waals surface area contributed by atoms with E-state index in [0.717, 1.165) is 11.3 Å². The molecule has 0 bridgehead atoms. The van der Waals surface area contributed by atoms with Gasteiger partial charge in [-0.25, -0.2) is 4.79 Å². The summed E-state index contributed by atoms with van der Waals surface area (Å²) >= 11 is 0. The summed E-state index contributed by atoms with van der Waals surface area (Å²) in [4.78, 5) is 22.5. The zero-order chi connectivity index (χ0) is 15.2. The zero-order valence-electron chi connectivity index (χ0n) is 11.8. The smallest absolute Gasteiger partial charge is 0.328 e. The van der Waals surface area contributed by atoms with Crippen molar-refractivity contribution in [1.82, 2.24) is 5.32 Å². The molecule has 108 valence electrons. The van der Waals surface area contributed by atoms with Gasteiger partial charge in [-0.3, -0.25) is 4.79 Å². The predicted octanol–water partition coefficient (Wildman–Crippen LogP) is 2.08. The van der Waals surface area contributed by atoms with Crippen LogP contribution < -0.4 is 10.1 Å². The molecule has 1 amide bonds. The Hall–Kier alpha value is -2.30. The SMILES string of the molecule is CCOc1ccc(C=CC(=O)NC(C)(C)C(=O)O)cc1. The summed E-state index contributed by atoms with van der Waals surface area (Å²) in [5.41, 5.74) is -0.461. The van der Waals surface area contributed by atoms with Crippen molar-refractivity contribution in [1.29, 1.82) is 0 Å². The van der Waals surface area contributed by atoms with Crippen molar-refractivity contribution >= 4 is 18.0 Å². The normalized spacial score (nSPS) is 11.3. The minimum atomic E-state index is -1.29. The molecular weight excluding hydrogens is 258 g/mol. The van der Waals surface area contributed by atoms with E-state index in [0.29, 0.717) is 6.61 Å². The maximum atomic E-state index is 11.6. The predicted molar refractivity (Wildman–Crippen MR) is 76.5 cm³/mol. The zero-order valence-corrected chi connectivity index (χ0v) is 11.8. The average molecular weight is 277 g/mol. The standard InChI is InChI=1S/C15H19NO4/c1-4-20-12-8-5-11(6-9-12)7-10-13(17)16-15(2,3)14(18)19/h5-10H,4H2,1-3H3,(H,16,17)(H,18,19). The Morgan fingerprint density at radius 1 is 1.30 bits per heavy atom. The van der Waals surface area contributed by atoms with Gasteiger partial charge in [0, 0.05) is 6.08 Å². The van der Waals surface area contributed by atoms with Crippen LogP contribution in [0.3, 0.4) is 0 Å². The Morgan fingerprint density at radius 3 is 2.40 bits per heavy atom. The molecule has 0 atom stereocenters. The molecule has 0 fully saturated rings. The Balaban J connectivity index is 2.63. The topological polar surface area (TPSA) is 75.6 Å². The van der Waals surface area contributed by atoms with E-state index in [1.54, 1.807) is 6.08 Å². The third-order valence-electron chi connectivity index (χ3n) is 2.59. The highest BCUT2D eigenvalue weighted by molar-refractivity contribution is 5.95. The van der Waals surface area contributed by atoms with Gasteiger partial charge in [0.2, 0.25) is 5.91 Å². The minimum absolute atomic E-state index is 0.453. The number of hydrogen-bond acceptors (Lipinski definition) is 3. The molecule has 5 nitrogen and oxygen atoms in total. The molecule has 20 heavy (non-hydrogen) atoms. The van der Waals surface area contributed by atoms with Crippen LogP contribution in [-0.4, -0.2) is 29.1 Å². The van der Waals surface area contributed by atoms with Crippen LogP contribution in [0.4, 0.5) is 0 Å². The lowest BCUT2D eigenvalue weighted by atomic mass is 10.1. The Bertz CT molecular complexity index is 503. The van der Waals surface area contributed by atoms with Gasteiger partial charge in [0.1, 0.15) is 11.3 Å². The molecule has 1 aromatic carbocycles. The number of carbonyl (C=O) groups is 2. The third kappa shape index (κ3) is 4.76. The van der Waals surface area contributed by atoms with E-state index in [-0.39, 0.29) is 0 Å². The van der Waals surface area contributed by atoms with Crippen molar-refractivity contribution in [2.45, 2.75) is 26.3 Å². The molecule has 1 aromatic rings. The molecule has 0 aliphatic carbocycles. The van der Waals surface area contributed by atoms with E-state index in [1.807, 2.05) is 31.2 Å². The quantitative estimate of drug-likeness (QED) is 0.781.